The van der Waals surface area contributed by atoms with E-state index >= 15 is 0 Å². The van der Waals surface area contributed by atoms with Crippen LogP contribution in [-0.2, 0) is 13.1 Å². The normalized spacial score (nSPS) is 11.6. The Kier molecular flexibility index (Phi) is 6.29. The van der Waals surface area contributed by atoms with Crippen LogP contribution < -0.4 is 10.3 Å². The van der Waals surface area contributed by atoms with E-state index in [0.717, 1.165) is 34.4 Å². The highest BCUT2D eigenvalue weighted by atomic mass is 32.1. The van der Waals surface area contributed by atoms with Gasteiger partial charge in [-0.1, -0.05) is 26.0 Å². The Morgan fingerprint density at radius 2 is 1.96 bits per heavy atom. The molecule has 0 unspecified atom stereocenters. The number of hydrogen-bond donors (Lipinski definition) is 0. The Labute approximate surface area is 164 Å². The average Bonchev–Trinajstić information content (AvgIpc) is 2.97. The van der Waals surface area contributed by atoms with Gasteiger partial charge in [0.25, 0.3) is 5.56 Å². The summed E-state index contributed by atoms with van der Waals surface area (Å²) < 4.78 is 7.15. The summed E-state index contributed by atoms with van der Waals surface area (Å²) in [5, 5.41) is 0. The van der Waals surface area contributed by atoms with Crippen LogP contribution in [0.25, 0.3) is 4.96 Å². The molecule has 27 heavy (non-hydrogen) atoms. The molecule has 3 rings (SSSR count). The fraction of sp³-hybridized carbons (Fsp3) is 0.429. The molecule has 0 fully saturated rings. The molecule has 0 spiro atoms. The lowest BCUT2D eigenvalue weighted by Gasteiger charge is -2.24. The maximum Gasteiger partial charge on any atom is 0.258 e. The number of thiazole rings is 1. The first kappa shape index (κ1) is 19.6. The van der Waals surface area contributed by atoms with Crippen LogP contribution in [0.2, 0.25) is 0 Å². The third-order valence-corrected chi connectivity index (χ3v) is 5.08. The van der Waals surface area contributed by atoms with Crippen molar-refractivity contribution in [3.8, 4) is 5.75 Å². The minimum absolute atomic E-state index is 0.00934. The number of aromatic nitrogens is 2. The predicted molar refractivity (Wildman–Crippen MR) is 111 cm³/mol. The summed E-state index contributed by atoms with van der Waals surface area (Å²) in [5.41, 5.74) is 2.04. The molecule has 0 aliphatic carbocycles. The van der Waals surface area contributed by atoms with Crippen LogP contribution in [-0.4, -0.2) is 27.4 Å². The smallest absolute Gasteiger partial charge is 0.258 e. The molecule has 0 saturated heterocycles. The van der Waals surface area contributed by atoms with Crippen molar-refractivity contribution in [1.82, 2.24) is 14.3 Å². The minimum atomic E-state index is -0.00934. The van der Waals surface area contributed by atoms with E-state index < -0.39 is 0 Å². The molecule has 6 heteroatoms. The quantitative estimate of drug-likeness (QED) is 0.585. The first-order valence-corrected chi connectivity index (χ1v) is 10.2. The van der Waals surface area contributed by atoms with Crippen molar-refractivity contribution in [2.75, 3.05) is 13.2 Å². The van der Waals surface area contributed by atoms with Crippen molar-refractivity contribution in [3.63, 3.8) is 0 Å². The monoisotopic (exact) mass is 385 g/mol. The number of benzene rings is 1. The third kappa shape index (κ3) is 5.17. The van der Waals surface area contributed by atoms with Gasteiger partial charge in [-0.2, -0.15) is 0 Å². The summed E-state index contributed by atoms with van der Waals surface area (Å²) >= 11 is 1.55. The van der Waals surface area contributed by atoms with Crippen molar-refractivity contribution in [1.29, 1.82) is 0 Å². The number of nitrogens with zero attached hydrogens (tertiary/aromatic N) is 3. The Bertz CT molecular complexity index is 944. The standard InChI is InChI=1S/C21H27N3O2S/c1-5-26-19-8-6-17(7-9-19)13-23(11-15(2)3)14-18-10-20(25)24-12-16(4)27-21(24)22-18/h6-10,12,15H,5,11,13-14H2,1-4H3. The molecule has 5 nitrogen and oxygen atoms in total. The van der Waals surface area contributed by atoms with E-state index in [-0.39, 0.29) is 5.56 Å². The first-order valence-electron chi connectivity index (χ1n) is 9.37. The number of fused-ring (bicyclic) bond motifs is 1. The zero-order chi connectivity index (χ0) is 19.4. The van der Waals surface area contributed by atoms with Crippen LogP contribution in [0, 0.1) is 12.8 Å². The lowest BCUT2D eigenvalue weighted by atomic mass is 10.1. The second kappa shape index (κ2) is 8.67. The molecule has 2 heterocycles. The predicted octanol–water partition coefficient (Wildman–Crippen LogP) is 4.12. The topological polar surface area (TPSA) is 46.8 Å². The van der Waals surface area contributed by atoms with Crippen LogP contribution in [0.1, 0.15) is 36.9 Å². The van der Waals surface area contributed by atoms with Crippen LogP contribution in [0.3, 0.4) is 0 Å². The maximum absolute atomic E-state index is 12.4. The summed E-state index contributed by atoms with van der Waals surface area (Å²) in [6.07, 6.45) is 1.85. The second-order valence-electron chi connectivity index (χ2n) is 7.22. The number of ether oxygens (including phenoxy) is 1. The van der Waals surface area contributed by atoms with Crippen molar-refractivity contribution in [2.24, 2.45) is 5.92 Å². The summed E-state index contributed by atoms with van der Waals surface area (Å²) in [6.45, 7) is 11.5. The minimum Gasteiger partial charge on any atom is -0.494 e. The molecule has 3 aromatic rings. The Hall–Kier alpha value is -2.18. The molecule has 0 atom stereocenters. The van der Waals surface area contributed by atoms with Gasteiger partial charge < -0.3 is 4.74 Å². The first-order chi connectivity index (χ1) is 12.9. The Morgan fingerprint density at radius 1 is 1.22 bits per heavy atom. The van der Waals surface area contributed by atoms with Gasteiger partial charge in [-0.3, -0.25) is 14.1 Å². The fourth-order valence-electron chi connectivity index (χ4n) is 3.19. The lowest BCUT2D eigenvalue weighted by Crippen LogP contribution is -2.28. The molecule has 0 radical (unpaired) electrons. The molecule has 0 amide bonds. The van der Waals surface area contributed by atoms with Gasteiger partial charge in [0.1, 0.15) is 5.75 Å². The van der Waals surface area contributed by atoms with E-state index in [1.807, 2.05) is 32.2 Å². The van der Waals surface area contributed by atoms with E-state index in [1.165, 1.54) is 5.56 Å². The van der Waals surface area contributed by atoms with Gasteiger partial charge in [0, 0.05) is 36.8 Å². The SMILES string of the molecule is CCOc1ccc(CN(Cc2cc(=O)n3cc(C)sc3n2)CC(C)C)cc1. The van der Waals surface area contributed by atoms with E-state index in [9.17, 15) is 4.79 Å². The highest BCUT2D eigenvalue weighted by Gasteiger charge is 2.13. The summed E-state index contributed by atoms with van der Waals surface area (Å²) in [5.74, 6) is 1.42. The van der Waals surface area contributed by atoms with Gasteiger partial charge >= 0.3 is 0 Å². The van der Waals surface area contributed by atoms with Gasteiger partial charge in [-0.15, -0.1) is 11.3 Å². The molecular formula is C21H27N3O2S. The largest absolute Gasteiger partial charge is 0.494 e. The number of hydrogen-bond acceptors (Lipinski definition) is 5. The van der Waals surface area contributed by atoms with Crippen LogP contribution in [0.4, 0.5) is 0 Å². The highest BCUT2D eigenvalue weighted by Crippen LogP contribution is 2.17. The van der Waals surface area contributed by atoms with Crippen molar-refractivity contribution in [2.45, 2.75) is 40.8 Å². The molecule has 144 valence electrons. The Morgan fingerprint density at radius 3 is 2.63 bits per heavy atom. The van der Waals surface area contributed by atoms with Gasteiger partial charge in [-0.05, 0) is 37.5 Å². The maximum atomic E-state index is 12.4. The lowest BCUT2D eigenvalue weighted by molar-refractivity contribution is 0.225. The molecule has 0 N–H and O–H groups in total. The molecule has 0 bridgehead atoms. The molecule has 1 aromatic carbocycles. The Balaban J connectivity index is 1.79. The summed E-state index contributed by atoms with van der Waals surface area (Å²) in [6, 6.07) is 9.89. The average molecular weight is 386 g/mol. The third-order valence-electron chi connectivity index (χ3n) is 4.19. The zero-order valence-corrected chi connectivity index (χ0v) is 17.3. The van der Waals surface area contributed by atoms with Crippen molar-refractivity contribution < 1.29 is 4.74 Å². The van der Waals surface area contributed by atoms with Crippen molar-refractivity contribution >= 4 is 16.3 Å². The molecule has 2 aromatic heterocycles. The van der Waals surface area contributed by atoms with Crippen molar-refractivity contribution in [3.05, 3.63) is 63.0 Å². The number of aryl methyl sites for hydroxylation is 1. The van der Waals surface area contributed by atoms with Gasteiger partial charge in [0.2, 0.25) is 0 Å². The van der Waals surface area contributed by atoms with E-state index in [4.69, 9.17) is 9.72 Å². The highest BCUT2D eigenvalue weighted by molar-refractivity contribution is 7.16. The molecular weight excluding hydrogens is 358 g/mol. The summed E-state index contributed by atoms with van der Waals surface area (Å²) in [7, 11) is 0. The second-order valence-corrected chi connectivity index (χ2v) is 8.43. The zero-order valence-electron chi connectivity index (χ0n) is 16.4. The molecule has 0 saturated carbocycles. The number of rotatable bonds is 8. The van der Waals surface area contributed by atoms with E-state index in [1.54, 1.807) is 21.8 Å². The van der Waals surface area contributed by atoms with Gasteiger partial charge in [0.05, 0.1) is 12.3 Å². The van der Waals surface area contributed by atoms with E-state index in [2.05, 4.69) is 30.9 Å². The molecule has 0 aliphatic rings. The molecule has 0 aliphatic heterocycles. The van der Waals surface area contributed by atoms with Gasteiger partial charge in [-0.25, -0.2) is 4.98 Å². The van der Waals surface area contributed by atoms with Crippen LogP contribution in [0.15, 0.2) is 41.3 Å². The van der Waals surface area contributed by atoms with Crippen LogP contribution >= 0.6 is 11.3 Å². The van der Waals surface area contributed by atoms with Crippen LogP contribution in [0.5, 0.6) is 5.75 Å². The summed E-state index contributed by atoms with van der Waals surface area (Å²) in [4.78, 5) is 21.3. The van der Waals surface area contributed by atoms with E-state index in [0.29, 0.717) is 19.1 Å². The fourth-order valence-corrected chi connectivity index (χ4v) is 4.04. The van der Waals surface area contributed by atoms with Gasteiger partial charge in [0.15, 0.2) is 4.96 Å².